The highest BCUT2D eigenvalue weighted by molar-refractivity contribution is 7.99. The monoisotopic (exact) mass is 345 g/mol. The molecule has 0 spiro atoms. The van der Waals surface area contributed by atoms with Crippen LogP contribution < -0.4 is 11.1 Å². The molecule has 0 aromatic carbocycles. The second-order valence-corrected chi connectivity index (χ2v) is 5.68. The van der Waals surface area contributed by atoms with E-state index in [1.807, 2.05) is 13.8 Å². The van der Waals surface area contributed by atoms with E-state index >= 15 is 0 Å². The number of carbonyl (C=O) groups is 2. The molecule has 0 aliphatic carbocycles. The molecule has 0 radical (unpaired) electrons. The van der Waals surface area contributed by atoms with Gasteiger partial charge >= 0.3 is 20.2 Å². The molecular formula is C10H22N2O7PS+. The molecule has 0 aliphatic heterocycles. The summed E-state index contributed by atoms with van der Waals surface area (Å²) in [6, 6.07) is -1.50. The van der Waals surface area contributed by atoms with Gasteiger partial charge in [0.25, 0.3) is 0 Å². The van der Waals surface area contributed by atoms with E-state index < -0.39 is 32.3 Å². The van der Waals surface area contributed by atoms with E-state index in [0.717, 1.165) is 6.42 Å². The first-order chi connectivity index (χ1) is 9.61. The number of hydrogen-bond acceptors (Lipinski definition) is 6. The minimum atomic E-state index is -2.87. The third-order valence-electron chi connectivity index (χ3n) is 2.30. The van der Waals surface area contributed by atoms with Crippen LogP contribution in [-0.2, 0) is 14.2 Å². The van der Waals surface area contributed by atoms with Gasteiger partial charge in [-0.2, -0.15) is 11.8 Å². The summed E-state index contributed by atoms with van der Waals surface area (Å²) in [4.78, 5) is 35.6. The Hall–Kier alpha value is -0.770. The molecule has 3 atom stereocenters. The Morgan fingerprint density at radius 1 is 1.24 bits per heavy atom. The molecule has 0 aliphatic rings. The summed E-state index contributed by atoms with van der Waals surface area (Å²) in [5.74, 6) is -1.48. The topological polar surface area (TPSA) is 170 Å². The first-order valence-corrected chi connectivity index (χ1v) is 8.33. The smallest absolute Gasteiger partial charge is 0.480 e. The minimum absolute atomic E-state index is 0.116. The van der Waals surface area contributed by atoms with Crippen molar-refractivity contribution in [3.05, 3.63) is 0 Å². The lowest BCUT2D eigenvalue weighted by molar-refractivity contribution is -0.139. The van der Waals surface area contributed by atoms with Gasteiger partial charge in [0.2, 0.25) is 0 Å². The van der Waals surface area contributed by atoms with Gasteiger partial charge in [-0.1, -0.05) is 6.92 Å². The van der Waals surface area contributed by atoms with E-state index in [1.54, 1.807) is 0 Å². The fourth-order valence-corrected chi connectivity index (χ4v) is 2.04. The Morgan fingerprint density at radius 2 is 1.71 bits per heavy atom. The van der Waals surface area contributed by atoms with Crippen LogP contribution in [0.15, 0.2) is 0 Å². The van der Waals surface area contributed by atoms with Crippen molar-refractivity contribution in [3.8, 4) is 0 Å². The van der Waals surface area contributed by atoms with Crippen LogP contribution in [-0.4, -0.2) is 61.6 Å². The van der Waals surface area contributed by atoms with Gasteiger partial charge in [-0.3, -0.25) is 9.59 Å². The Balaban J connectivity index is 0. The zero-order chi connectivity index (χ0) is 17.0. The first-order valence-electron chi connectivity index (χ1n) is 6.01. The molecule has 0 aromatic heterocycles. The maximum Gasteiger partial charge on any atom is 0.692 e. The van der Waals surface area contributed by atoms with Crippen LogP contribution in [0.2, 0.25) is 0 Å². The number of aliphatic carboxylic acids is 2. The third-order valence-corrected chi connectivity index (χ3v) is 3.46. The summed E-state index contributed by atoms with van der Waals surface area (Å²) in [5.41, 5.74) is 5.32. The van der Waals surface area contributed by atoms with Crippen molar-refractivity contribution in [2.75, 3.05) is 11.5 Å². The van der Waals surface area contributed by atoms with Gasteiger partial charge in [-0.15, -0.1) is 9.79 Å². The number of nitrogens with one attached hydrogen (secondary N) is 1. The van der Waals surface area contributed by atoms with Crippen molar-refractivity contribution in [1.82, 2.24) is 5.32 Å². The molecule has 11 heteroatoms. The third kappa shape index (κ3) is 15.4. The lowest BCUT2D eigenvalue weighted by atomic mass is 10.2. The average molecular weight is 345 g/mol. The molecule has 124 valence electrons. The van der Waals surface area contributed by atoms with Crippen LogP contribution in [0.25, 0.3) is 0 Å². The van der Waals surface area contributed by atoms with E-state index in [4.69, 9.17) is 30.3 Å². The normalized spacial score (nSPS) is 14.3. The second-order valence-electron chi connectivity index (χ2n) is 4.10. The number of thioether (sulfide) groups is 1. The van der Waals surface area contributed by atoms with Gasteiger partial charge in [0, 0.05) is 22.1 Å². The highest BCUT2D eigenvalue weighted by atomic mass is 32.2. The zero-order valence-corrected chi connectivity index (χ0v) is 13.5. The van der Waals surface area contributed by atoms with E-state index in [9.17, 15) is 9.59 Å². The number of rotatable bonds is 9. The molecule has 0 fully saturated rings. The first kappa shape index (κ1) is 22.5. The maximum absolute atomic E-state index is 10.9. The van der Waals surface area contributed by atoms with E-state index in [0.29, 0.717) is 5.75 Å². The molecule has 7 N–H and O–H groups in total. The summed E-state index contributed by atoms with van der Waals surface area (Å²) in [6.45, 7) is 3.87. The van der Waals surface area contributed by atoms with E-state index in [1.165, 1.54) is 11.8 Å². The van der Waals surface area contributed by atoms with Crippen LogP contribution >= 0.6 is 20.0 Å². The van der Waals surface area contributed by atoms with Crippen molar-refractivity contribution in [2.24, 2.45) is 5.73 Å². The van der Waals surface area contributed by atoms with Crippen LogP contribution in [0.4, 0.5) is 0 Å². The maximum atomic E-state index is 10.9. The van der Waals surface area contributed by atoms with Gasteiger partial charge in [-0.25, -0.2) is 0 Å². The number of nitrogens with two attached hydrogens (primary N) is 1. The summed E-state index contributed by atoms with van der Waals surface area (Å²) >= 11 is 1.23. The minimum Gasteiger partial charge on any atom is -0.480 e. The Bertz CT molecular complexity index is 341. The van der Waals surface area contributed by atoms with Crippen LogP contribution in [0.5, 0.6) is 0 Å². The fourth-order valence-electron chi connectivity index (χ4n) is 1.04. The van der Waals surface area contributed by atoms with Gasteiger partial charge < -0.3 is 21.3 Å². The molecule has 0 saturated carbocycles. The van der Waals surface area contributed by atoms with Crippen molar-refractivity contribution in [3.63, 3.8) is 0 Å². The summed E-state index contributed by atoms with van der Waals surface area (Å²) in [5, 5.41) is 20.5. The van der Waals surface area contributed by atoms with Gasteiger partial charge in [-0.05, 0) is 13.3 Å². The van der Waals surface area contributed by atoms with E-state index in [-0.39, 0.29) is 11.8 Å². The highest BCUT2D eigenvalue weighted by Crippen LogP contribution is 2.06. The highest BCUT2D eigenvalue weighted by Gasteiger charge is 2.20. The number of carboxylic acid groups (broad SMARTS) is 2. The number of hydrogen-bond donors (Lipinski definition) is 6. The lowest BCUT2D eigenvalue weighted by Gasteiger charge is -2.19. The zero-order valence-electron chi connectivity index (χ0n) is 11.8. The van der Waals surface area contributed by atoms with E-state index in [2.05, 4.69) is 5.32 Å². The molecule has 0 bridgehead atoms. The molecule has 21 heavy (non-hydrogen) atoms. The lowest BCUT2D eigenvalue weighted by Crippen LogP contribution is -2.44. The van der Waals surface area contributed by atoms with Gasteiger partial charge in [0.05, 0.1) is 0 Å². The van der Waals surface area contributed by atoms with Gasteiger partial charge in [0.1, 0.15) is 12.1 Å². The predicted molar refractivity (Wildman–Crippen MR) is 79.3 cm³/mol. The Morgan fingerprint density at radius 3 is 2.05 bits per heavy atom. The van der Waals surface area contributed by atoms with Crippen LogP contribution in [0, 0.1) is 0 Å². The summed E-state index contributed by atoms with van der Waals surface area (Å²) in [6.07, 6.45) is 0.836. The molecule has 0 saturated heterocycles. The Labute approximate surface area is 127 Å². The Kier molecular flexibility index (Phi) is 13.9. The van der Waals surface area contributed by atoms with Crippen molar-refractivity contribution >= 4 is 32.0 Å². The van der Waals surface area contributed by atoms with Crippen LogP contribution in [0.3, 0.4) is 0 Å². The van der Waals surface area contributed by atoms with Crippen molar-refractivity contribution in [1.29, 1.82) is 0 Å². The van der Waals surface area contributed by atoms with Crippen molar-refractivity contribution in [2.45, 2.75) is 38.4 Å². The summed E-state index contributed by atoms with van der Waals surface area (Å²) < 4.78 is 8.70. The fraction of sp³-hybridized carbons (Fsp3) is 0.800. The SMILES string of the molecule is CCC(C)N[C@@H](CSC[C@H](N)C(=O)O)C(=O)O.O=[P+](O)O. The number of carboxylic acids is 2. The molecule has 0 aromatic rings. The molecule has 0 heterocycles. The van der Waals surface area contributed by atoms with Crippen molar-refractivity contribution < 1.29 is 34.2 Å². The van der Waals surface area contributed by atoms with Gasteiger partial charge in [0.15, 0.2) is 0 Å². The largest absolute Gasteiger partial charge is 0.692 e. The van der Waals surface area contributed by atoms with Crippen LogP contribution in [0.1, 0.15) is 20.3 Å². The average Bonchev–Trinajstić information content (AvgIpc) is 2.35. The molecule has 0 rings (SSSR count). The summed E-state index contributed by atoms with van der Waals surface area (Å²) in [7, 11) is -2.87. The standard InChI is InChI=1S/C10H20N2O4S.HO3P/c1-3-6(2)12-8(10(15)16)5-17-4-7(11)9(13)14;1-4(2)3/h6-8,12H,3-5,11H2,1-2H3,(H,13,14)(H,15,16);(H-,1,2,3)/p+1/t6?,7-,8-;/m0./s1. The quantitative estimate of drug-likeness (QED) is 0.302. The second kappa shape index (κ2) is 12.9. The molecular weight excluding hydrogens is 323 g/mol. The molecule has 0 amide bonds. The predicted octanol–water partition coefficient (Wildman–Crippen LogP) is -0.399. The molecule has 1 unspecified atom stereocenters. The molecule has 9 nitrogen and oxygen atoms in total.